The maximum absolute atomic E-state index is 4.39. The molecule has 0 aliphatic heterocycles. The Kier molecular flexibility index (Phi) is 6.18. The fraction of sp³-hybridized carbons (Fsp3) is 0.438. The third-order valence-corrected chi connectivity index (χ3v) is 3.95. The highest BCUT2D eigenvalue weighted by Crippen LogP contribution is 2.15. The second-order valence-corrected chi connectivity index (χ2v) is 5.70. The first-order chi connectivity index (χ1) is 9.42. The largest absolute Gasteiger partial charge is 0.313 e. The minimum absolute atomic E-state index is 0.936. The summed E-state index contributed by atoms with van der Waals surface area (Å²) in [6.07, 6.45) is 8.00. The van der Waals surface area contributed by atoms with E-state index >= 15 is 0 Å². The van der Waals surface area contributed by atoms with Gasteiger partial charge in [-0.05, 0) is 49.1 Å². The Morgan fingerprint density at radius 3 is 2.89 bits per heavy atom. The number of hydrogen-bond acceptors (Lipinski definition) is 3. The quantitative estimate of drug-likeness (QED) is 0.740. The van der Waals surface area contributed by atoms with Gasteiger partial charge in [-0.15, -0.1) is 0 Å². The van der Waals surface area contributed by atoms with Crippen molar-refractivity contribution in [2.75, 3.05) is 18.6 Å². The van der Waals surface area contributed by atoms with Crippen LogP contribution in [0.2, 0.25) is 0 Å². The number of hydrogen-bond donors (Lipinski definition) is 1. The Bertz CT molecular complexity index is 494. The third kappa shape index (κ3) is 4.51. The van der Waals surface area contributed by atoms with Crippen molar-refractivity contribution in [1.82, 2.24) is 10.3 Å². The first kappa shape index (κ1) is 14.4. The van der Waals surface area contributed by atoms with Crippen molar-refractivity contribution >= 4 is 22.7 Å². The van der Waals surface area contributed by atoms with Crippen molar-refractivity contribution in [1.29, 1.82) is 0 Å². The molecule has 0 unspecified atom stereocenters. The summed E-state index contributed by atoms with van der Waals surface area (Å²) in [4.78, 5) is 4.39. The van der Waals surface area contributed by atoms with Crippen LogP contribution in [-0.2, 0) is 6.54 Å². The van der Waals surface area contributed by atoms with E-state index in [1.54, 1.807) is 0 Å². The monoisotopic (exact) mass is 274 g/mol. The highest BCUT2D eigenvalue weighted by atomic mass is 32.2. The van der Waals surface area contributed by atoms with Gasteiger partial charge in [0.1, 0.15) is 0 Å². The van der Waals surface area contributed by atoms with E-state index in [9.17, 15) is 0 Å². The van der Waals surface area contributed by atoms with Crippen molar-refractivity contribution < 1.29 is 0 Å². The molecule has 0 spiro atoms. The zero-order chi connectivity index (χ0) is 13.3. The van der Waals surface area contributed by atoms with E-state index in [2.05, 4.69) is 40.8 Å². The Morgan fingerprint density at radius 1 is 1.11 bits per heavy atom. The van der Waals surface area contributed by atoms with Crippen molar-refractivity contribution in [2.45, 2.75) is 25.8 Å². The molecule has 0 aliphatic rings. The predicted molar refractivity (Wildman–Crippen MR) is 85.7 cm³/mol. The molecule has 0 saturated heterocycles. The van der Waals surface area contributed by atoms with Crippen LogP contribution in [0, 0.1) is 0 Å². The number of pyridine rings is 1. The van der Waals surface area contributed by atoms with Gasteiger partial charge in [0.25, 0.3) is 0 Å². The van der Waals surface area contributed by atoms with Gasteiger partial charge in [-0.1, -0.05) is 24.6 Å². The van der Waals surface area contributed by atoms with Gasteiger partial charge in [-0.3, -0.25) is 4.98 Å². The molecule has 2 aromatic rings. The normalized spacial score (nSPS) is 11.0. The van der Waals surface area contributed by atoms with E-state index < -0.39 is 0 Å². The maximum Gasteiger partial charge on any atom is 0.0705 e. The summed E-state index contributed by atoms with van der Waals surface area (Å²) in [5.41, 5.74) is 2.43. The maximum atomic E-state index is 4.39. The molecule has 0 atom stereocenters. The lowest BCUT2D eigenvalue weighted by Gasteiger charge is -2.07. The Hall–Kier alpha value is -1.06. The van der Waals surface area contributed by atoms with Gasteiger partial charge in [0, 0.05) is 18.1 Å². The van der Waals surface area contributed by atoms with Gasteiger partial charge in [-0.25, -0.2) is 0 Å². The third-order valence-electron chi connectivity index (χ3n) is 3.26. The molecular formula is C16H22N2S. The first-order valence-electron chi connectivity index (χ1n) is 6.94. The highest BCUT2D eigenvalue weighted by Gasteiger charge is 2.00. The van der Waals surface area contributed by atoms with Gasteiger partial charge >= 0.3 is 0 Å². The lowest BCUT2D eigenvalue weighted by molar-refractivity contribution is 0.620. The summed E-state index contributed by atoms with van der Waals surface area (Å²) in [6.45, 7) is 2.04. The topological polar surface area (TPSA) is 24.9 Å². The first-order valence-corrected chi connectivity index (χ1v) is 8.33. The number of para-hydroxylation sites is 1. The lowest BCUT2D eigenvalue weighted by atomic mass is 10.1. The van der Waals surface area contributed by atoms with E-state index in [4.69, 9.17) is 0 Å². The van der Waals surface area contributed by atoms with Crippen LogP contribution >= 0.6 is 11.8 Å². The molecule has 1 N–H and O–H groups in total. The van der Waals surface area contributed by atoms with Crippen molar-refractivity contribution in [3.63, 3.8) is 0 Å². The van der Waals surface area contributed by atoms with Crippen LogP contribution in [-0.4, -0.2) is 23.5 Å². The van der Waals surface area contributed by atoms with Crippen LogP contribution in [0.25, 0.3) is 10.9 Å². The summed E-state index contributed by atoms with van der Waals surface area (Å²) in [5, 5.41) is 4.80. The highest BCUT2D eigenvalue weighted by molar-refractivity contribution is 7.98. The number of nitrogens with one attached hydrogen (secondary N) is 1. The van der Waals surface area contributed by atoms with Crippen LogP contribution in [0.15, 0.2) is 36.5 Å². The van der Waals surface area contributed by atoms with E-state index in [0.717, 1.165) is 18.6 Å². The summed E-state index contributed by atoms with van der Waals surface area (Å²) in [7, 11) is 0. The number of aromatic nitrogens is 1. The SMILES string of the molecule is CSCCCCCNCc1ccnc2ccccc12. The second kappa shape index (κ2) is 8.18. The Morgan fingerprint density at radius 2 is 2.00 bits per heavy atom. The van der Waals surface area contributed by atoms with E-state index in [1.807, 2.05) is 24.0 Å². The van der Waals surface area contributed by atoms with Crippen LogP contribution in [0.3, 0.4) is 0 Å². The summed E-state index contributed by atoms with van der Waals surface area (Å²) in [6, 6.07) is 10.5. The number of nitrogens with zero attached hydrogens (tertiary/aromatic N) is 1. The van der Waals surface area contributed by atoms with Crippen molar-refractivity contribution in [3.05, 3.63) is 42.1 Å². The van der Waals surface area contributed by atoms with Crippen LogP contribution in [0.4, 0.5) is 0 Å². The number of thioether (sulfide) groups is 1. The van der Waals surface area contributed by atoms with Gasteiger partial charge in [0.2, 0.25) is 0 Å². The molecule has 0 saturated carbocycles. The zero-order valence-electron chi connectivity index (χ0n) is 11.6. The number of rotatable bonds is 8. The van der Waals surface area contributed by atoms with Crippen LogP contribution in [0.1, 0.15) is 24.8 Å². The number of unbranched alkanes of at least 4 members (excludes halogenated alkanes) is 2. The zero-order valence-corrected chi connectivity index (χ0v) is 12.4. The van der Waals surface area contributed by atoms with Gasteiger partial charge in [-0.2, -0.15) is 11.8 Å². The Balaban J connectivity index is 1.78. The average Bonchev–Trinajstić information content (AvgIpc) is 2.46. The lowest BCUT2D eigenvalue weighted by Crippen LogP contribution is -2.15. The molecule has 1 aromatic heterocycles. The van der Waals surface area contributed by atoms with Gasteiger partial charge < -0.3 is 5.32 Å². The van der Waals surface area contributed by atoms with Crippen molar-refractivity contribution in [3.8, 4) is 0 Å². The smallest absolute Gasteiger partial charge is 0.0705 e. The molecular weight excluding hydrogens is 252 g/mol. The molecule has 2 rings (SSSR count). The van der Waals surface area contributed by atoms with Crippen LogP contribution < -0.4 is 5.32 Å². The van der Waals surface area contributed by atoms with E-state index in [0.29, 0.717) is 0 Å². The molecule has 102 valence electrons. The molecule has 0 amide bonds. The average molecular weight is 274 g/mol. The molecule has 2 nitrogen and oxygen atoms in total. The standard InChI is InChI=1S/C16H22N2S/c1-19-12-6-2-5-10-17-13-14-9-11-18-16-8-4-3-7-15(14)16/h3-4,7-9,11,17H,2,5-6,10,12-13H2,1H3. The predicted octanol–water partition coefficient (Wildman–Crippen LogP) is 3.86. The molecule has 19 heavy (non-hydrogen) atoms. The molecule has 1 aromatic carbocycles. The fourth-order valence-corrected chi connectivity index (χ4v) is 2.70. The molecule has 0 bridgehead atoms. The Labute approximate surface area is 120 Å². The molecule has 0 radical (unpaired) electrons. The number of fused-ring (bicyclic) bond motifs is 1. The molecule has 0 fully saturated rings. The molecule has 3 heteroatoms. The minimum atomic E-state index is 0.936. The van der Waals surface area contributed by atoms with E-state index in [-0.39, 0.29) is 0 Å². The molecule has 1 heterocycles. The summed E-state index contributed by atoms with van der Waals surface area (Å²) in [5.74, 6) is 1.29. The summed E-state index contributed by atoms with van der Waals surface area (Å²) >= 11 is 1.94. The summed E-state index contributed by atoms with van der Waals surface area (Å²) < 4.78 is 0. The van der Waals surface area contributed by atoms with Crippen LogP contribution in [0.5, 0.6) is 0 Å². The molecule has 0 aliphatic carbocycles. The fourth-order valence-electron chi connectivity index (χ4n) is 2.21. The minimum Gasteiger partial charge on any atom is -0.313 e. The van der Waals surface area contributed by atoms with E-state index in [1.165, 1.54) is 36.0 Å². The van der Waals surface area contributed by atoms with Crippen molar-refractivity contribution in [2.24, 2.45) is 0 Å². The van der Waals surface area contributed by atoms with Gasteiger partial charge in [0.05, 0.1) is 5.52 Å². The van der Waals surface area contributed by atoms with Gasteiger partial charge in [0.15, 0.2) is 0 Å². The second-order valence-electron chi connectivity index (χ2n) is 4.72. The number of benzene rings is 1.